The highest BCUT2D eigenvalue weighted by Gasteiger charge is 2.66. The molecule has 1 unspecified atom stereocenters. The largest absolute Gasteiger partial charge is 0.293 e. The monoisotopic (exact) mass is 195 g/mol. The van der Waals surface area contributed by atoms with Gasteiger partial charge in [-0.05, 0) is 12.3 Å². The van der Waals surface area contributed by atoms with Crippen LogP contribution in [0.4, 0.5) is 8.78 Å². The van der Waals surface area contributed by atoms with Crippen LogP contribution in [0, 0.1) is 17.2 Å². The number of aryl methyl sites for hydroxylation is 1. The standard InChI is InChI=1S/C9H7F2N3/c1-14-8-7(6(3-12)13-14)4-2-5(4)9(8,10)11/h4-5H,2H2,1H3/t4-,5?/m0/s1. The fourth-order valence-electron chi connectivity index (χ4n) is 2.46. The average molecular weight is 195 g/mol. The molecule has 1 heterocycles. The van der Waals surface area contributed by atoms with Crippen LogP contribution in [-0.2, 0) is 13.0 Å². The number of nitrogens with zero attached hydrogens (tertiary/aromatic N) is 3. The summed E-state index contributed by atoms with van der Waals surface area (Å²) < 4.78 is 28.4. The third-order valence-corrected chi connectivity index (χ3v) is 3.13. The second-order valence-electron chi connectivity index (χ2n) is 3.92. The molecule has 0 saturated heterocycles. The molecule has 0 aromatic carbocycles. The molecule has 2 aliphatic carbocycles. The molecule has 0 spiro atoms. The molecule has 1 saturated carbocycles. The predicted octanol–water partition coefficient (Wildman–Crippen LogP) is 1.50. The van der Waals surface area contributed by atoms with Crippen molar-refractivity contribution in [1.29, 1.82) is 5.26 Å². The van der Waals surface area contributed by atoms with E-state index < -0.39 is 11.8 Å². The second kappa shape index (κ2) is 1.97. The molecule has 3 nitrogen and oxygen atoms in total. The summed E-state index contributed by atoms with van der Waals surface area (Å²) in [4.78, 5) is 0. The fraction of sp³-hybridized carbons (Fsp3) is 0.556. The van der Waals surface area contributed by atoms with Crippen molar-refractivity contribution in [3.63, 3.8) is 0 Å². The molecule has 1 aromatic rings. The van der Waals surface area contributed by atoms with Crippen molar-refractivity contribution in [2.75, 3.05) is 0 Å². The van der Waals surface area contributed by atoms with Crippen LogP contribution in [0.1, 0.15) is 29.3 Å². The molecule has 0 aliphatic heterocycles. The summed E-state index contributed by atoms with van der Waals surface area (Å²) in [6, 6.07) is 1.88. The molecule has 2 aliphatic rings. The third-order valence-electron chi connectivity index (χ3n) is 3.13. The smallest absolute Gasteiger partial charge is 0.265 e. The summed E-state index contributed by atoms with van der Waals surface area (Å²) >= 11 is 0. The highest BCUT2D eigenvalue weighted by molar-refractivity contribution is 5.49. The lowest BCUT2D eigenvalue weighted by molar-refractivity contribution is -0.0301. The van der Waals surface area contributed by atoms with Gasteiger partial charge in [0, 0.05) is 18.5 Å². The number of nitriles is 1. The van der Waals surface area contributed by atoms with Gasteiger partial charge < -0.3 is 0 Å². The topological polar surface area (TPSA) is 41.6 Å². The van der Waals surface area contributed by atoms with Gasteiger partial charge in [0.25, 0.3) is 5.92 Å². The first-order valence-corrected chi connectivity index (χ1v) is 4.42. The van der Waals surface area contributed by atoms with Gasteiger partial charge in [0.1, 0.15) is 11.8 Å². The average Bonchev–Trinajstić information content (AvgIpc) is 2.79. The number of rotatable bonds is 0. The highest BCUT2D eigenvalue weighted by atomic mass is 19.3. The van der Waals surface area contributed by atoms with Crippen molar-refractivity contribution in [3.05, 3.63) is 17.0 Å². The molecule has 0 amide bonds. The van der Waals surface area contributed by atoms with E-state index in [0.29, 0.717) is 12.0 Å². The molecule has 1 fully saturated rings. The molecular formula is C9H7F2N3. The van der Waals surface area contributed by atoms with E-state index in [1.54, 1.807) is 0 Å². The second-order valence-corrected chi connectivity index (χ2v) is 3.92. The molecule has 5 heteroatoms. The van der Waals surface area contributed by atoms with Gasteiger partial charge in [0.2, 0.25) is 0 Å². The minimum atomic E-state index is -2.78. The normalized spacial score (nSPS) is 30.7. The van der Waals surface area contributed by atoms with Crippen LogP contribution < -0.4 is 0 Å². The van der Waals surface area contributed by atoms with Crippen molar-refractivity contribution in [2.45, 2.75) is 18.3 Å². The van der Waals surface area contributed by atoms with E-state index in [-0.39, 0.29) is 17.3 Å². The lowest BCUT2D eigenvalue weighted by atomic mass is 10.1. The zero-order chi connectivity index (χ0) is 10.1. The molecule has 1 aromatic heterocycles. The van der Waals surface area contributed by atoms with E-state index in [9.17, 15) is 8.78 Å². The van der Waals surface area contributed by atoms with Gasteiger partial charge in [-0.15, -0.1) is 0 Å². The van der Waals surface area contributed by atoms with Crippen molar-refractivity contribution < 1.29 is 8.78 Å². The van der Waals surface area contributed by atoms with Gasteiger partial charge >= 0.3 is 0 Å². The van der Waals surface area contributed by atoms with Crippen LogP contribution in [0.3, 0.4) is 0 Å². The van der Waals surface area contributed by atoms with Gasteiger partial charge in [0.15, 0.2) is 5.69 Å². The number of hydrogen-bond acceptors (Lipinski definition) is 2. The molecule has 0 bridgehead atoms. The van der Waals surface area contributed by atoms with Crippen LogP contribution in [-0.4, -0.2) is 9.78 Å². The third kappa shape index (κ3) is 0.649. The minimum absolute atomic E-state index is 0.0460. The quantitative estimate of drug-likeness (QED) is 0.629. The van der Waals surface area contributed by atoms with Gasteiger partial charge in [-0.3, -0.25) is 4.68 Å². The molecule has 14 heavy (non-hydrogen) atoms. The first-order chi connectivity index (χ1) is 6.57. The number of alkyl halides is 2. The van der Waals surface area contributed by atoms with Gasteiger partial charge in [-0.1, -0.05) is 0 Å². The minimum Gasteiger partial charge on any atom is -0.265 e. The number of fused-ring (bicyclic) bond motifs is 3. The molecule has 0 N–H and O–H groups in total. The Morgan fingerprint density at radius 3 is 3.00 bits per heavy atom. The summed E-state index contributed by atoms with van der Waals surface area (Å²) in [5.74, 6) is -3.48. The Bertz CT molecular complexity index is 469. The van der Waals surface area contributed by atoms with Crippen LogP contribution in [0.15, 0.2) is 0 Å². The summed E-state index contributed by atoms with van der Waals surface area (Å²) in [6.45, 7) is 0. The SMILES string of the molecule is Cn1nc(C#N)c2c1C(F)(F)C1C[C@H]21. The van der Waals surface area contributed by atoms with Crippen LogP contribution >= 0.6 is 0 Å². The Kier molecular flexibility index (Phi) is 1.12. The molecule has 72 valence electrons. The van der Waals surface area contributed by atoms with E-state index in [2.05, 4.69) is 5.10 Å². The maximum absolute atomic E-state index is 13.6. The number of hydrogen-bond donors (Lipinski definition) is 0. The Morgan fingerprint density at radius 2 is 2.36 bits per heavy atom. The number of aromatic nitrogens is 2. The Labute approximate surface area is 78.9 Å². The Morgan fingerprint density at radius 1 is 1.64 bits per heavy atom. The van der Waals surface area contributed by atoms with Crippen LogP contribution in [0.5, 0.6) is 0 Å². The predicted molar refractivity (Wildman–Crippen MR) is 42.7 cm³/mol. The molecule has 0 radical (unpaired) electrons. The lowest BCUT2D eigenvalue weighted by Gasteiger charge is -2.12. The van der Waals surface area contributed by atoms with Crippen LogP contribution in [0.25, 0.3) is 0 Å². The zero-order valence-corrected chi connectivity index (χ0v) is 7.46. The first kappa shape index (κ1) is 7.92. The van der Waals surface area contributed by atoms with Crippen LogP contribution in [0.2, 0.25) is 0 Å². The van der Waals surface area contributed by atoms with Gasteiger partial charge in [0.05, 0.1) is 0 Å². The summed E-state index contributed by atoms with van der Waals surface area (Å²) in [6.07, 6.45) is 0.500. The van der Waals surface area contributed by atoms with Gasteiger partial charge in [-0.25, -0.2) is 0 Å². The number of halogens is 2. The maximum Gasteiger partial charge on any atom is 0.293 e. The fourth-order valence-corrected chi connectivity index (χ4v) is 2.46. The van der Waals surface area contributed by atoms with Crippen molar-refractivity contribution in [1.82, 2.24) is 9.78 Å². The van der Waals surface area contributed by atoms with E-state index >= 15 is 0 Å². The summed E-state index contributed by atoms with van der Waals surface area (Å²) in [5, 5.41) is 12.5. The Balaban J connectivity index is 2.32. The van der Waals surface area contributed by atoms with E-state index in [1.165, 1.54) is 7.05 Å². The van der Waals surface area contributed by atoms with Gasteiger partial charge in [-0.2, -0.15) is 19.1 Å². The van der Waals surface area contributed by atoms with E-state index in [0.717, 1.165) is 4.68 Å². The van der Waals surface area contributed by atoms with Crippen molar-refractivity contribution in [3.8, 4) is 6.07 Å². The maximum atomic E-state index is 13.6. The van der Waals surface area contributed by atoms with E-state index in [4.69, 9.17) is 5.26 Å². The zero-order valence-electron chi connectivity index (χ0n) is 7.46. The molecule has 2 atom stereocenters. The molecule has 3 rings (SSSR count). The Hall–Kier alpha value is -1.44. The summed E-state index contributed by atoms with van der Waals surface area (Å²) in [7, 11) is 1.47. The van der Waals surface area contributed by atoms with E-state index in [1.807, 2.05) is 6.07 Å². The van der Waals surface area contributed by atoms with Crippen molar-refractivity contribution >= 4 is 0 Å². The lowest BCUT2D eigenvalue weighted by Crippen LogP contribution is -2.18. The highest BCUT2D eigenvalue weighted by Crippen LogP contribution is 2.67. The summed E-state index contributed by atoms with van der Waals surface area (Å²) in [5.41, 5.74) is 0.618. The first-order valence-electron chi connectivity index (χ1n) is 4.42. The van der Waals surface area contributed by atoms with Crippen molar-refractivity contribution in [2.24, 2.45) is 13.0 Å². The molecular weight excluding hydrogens is 188 g/mol.